The van der Waals surface area contributed by atoms with Gasteiger partial charge in [0.15, 0.2) is 0 Å². The molecular formula is C11H18N2O2S. The van der Waals surface area contributed by atoms with Gasteiger partial charge in [0.1, 0.15) is 9.84 Å². The molecule has 0 aliphatic rings. The van der Waals surface area contributed by atoms with Gasteiger partial charge >= 0.3 is 0 Å². The second-order valence-corrected chi connectivity index (χ2v) is 6.19. The summed E-state index contributed by atoms with van der Waals surface area (Å²) in [6, 6.07) is 5.87. The van der Waals surface area contributed by atoms with E-state index in [9.17, 15) is 8.42 Å². The first-order chi connectivity index (χ1) is 7.47. The van der Waals surface area contributed by atoms with Crippen molar-refractivity contribution < 1.29 is 8.42 Å². The Morgan fingerprint density at radius 3 is 2.75 bits per heavy atom. The first-order valence-corrected chi connectivity index (χ1v) is 7.34. The normalized spacial score (nSPS) is 11.6. The molecule has 1 aromatic heterocycles. The van der Waals surface area contributed by atoms with Crippen molar-refractivity contribution in [3.63, 3.8) is 0 Å². The molecule has 0 aromatic carbocycles. The van der Waals surface area contributed by atoms with Gasteiger partial charge in [0.25, 0.3) is 0 Å². The highest BCUT2D eigenvalue weighted by molar-refractivity contribution is 7.90. The molecule has 0 aliphatic heterocycles. The van der Waals surface area contributed by atoms with Crippen LogP contribution in [0.25, 0.3) is 0 Å². The maximum absolute atomic E-state index is 10.9. The van der Waals surface area contributed by atoms with E-state index in [0.29, 0.717) is 19.5 Å². The van der Waals surface area contributed by atoms with Crippen LogP contribution in [-0.4, -0.2) is 32.0 Å². The maximum Gasteiger partial charge on any atom is 0.147 e. The summed E-state index contributed by atoms with van der Waals surface area (Å²) in [4.78, 5) is 4.34. The fourth-order valence-corrected chi connectivity index (χ4v) is 2.04. The lowest BCUT2D eigenvalue weighted by atomic mass is 10.3. The number of hydrogen-bond donors (Lipinski definition) is 1. The topological polar surface area (TPSA) is 59.1 Å². The lowest BCUT2D eigenvalue weighted by molar-refractivity contribution is 0.593. The number of hydrogen-bond acceptors (Lipinski definition) is 4. The fourth-order valence-electron chi connectivity index (χ4n) is 1.37. The number of aryl methyl sites for hydroxylation is 1. The molecular weight excluding hydrogens is 224 g/mol. The second kappa shape index (κ2) is 5.96. The minimum absolute atomic E-state index is 0.237. The van der Waals surface area contributed by atoms with Crippen molar-refractivity contribution in [3.05, 3.63) is 29.6 Å². The van der Waals surface area contributed by atoms with Crippen molar-refractivity contribution in [1.29, 1.82) is 0 Å². The summed E-state index contributed by atoms with van der Waals surface area (Å²) < 4.78 is 21.7. The van der Waals surface area contributed by atoms with Crippen LogP contribution in [0.1, 0.15) is 17.8 Å². The molecule has 0 aliphatic carbocycles. The van der Waals surface area contributed by atoms with Crippen molar-refractivity contribution in [1.82, 2.24) is 10.3 Å². The van der Waals surface area contributed by atoms with Crippen molar-refractivity contribution >= 4 is 9.84 Å². The van der Waals surface area contributed by atoms with E-state index in [1.54, 1.807) is 0 Å². The number of nitrogens with one attached hydrogen (secondary N) is 1. The minimum atomic E-state index is -2.83. The molecule has 0 atom stereocenters. The number of aromatic nitrogens is 1. The Labute approximate surface area is 97.0 Å². The summed E-state index contributed by atoms with van der Waals surface area (Å²) in [6.07, 6.45) is 1.90. The van der Waals surface area contributed by atoms with Gasteiger partial charge in [0, 0.05) is 18.5 Å². The molecule has 1 heterocycles. The largest absolute Gasteiger partial charge is 0.311 e. The molecule has 0 radical (unpaired) electrons. The van der Waals surface area contributed by atoms with Gasteiger partial charge in [-0.05, 0) is 32.0 Å². The summed E-state index contributed by atoms with van der Waals surface area (Å²) in [6.45, 7) is 3.33. The Morgan fingerprint density at radius 2 is 2.12 bits per heavy atom. The third-order valence-corrected chi connectivity index (χ3v) is 3.15. The van der Waals surface area contributed by atoms with E-state index >= 15 is 0 Å². The number of nitrogens with zero attached hydrogens (tertiary/aromatic N) is 1. The zero-order chi connectivity index (χ0) is 12.0. The van der Waals surface area contributed by atoms with E-state index in [1.165, 1.54) is 6.26 Å². The standard InChI is InChI=1S/C11H18N2O2S/c1-10-5-3-6-11(13-10)9-12-7-4-8-16(2,14)15/h3,5-6,12H,4,7-9H2,1-2H3. The van der Waals surface area contributed by atoms with Crippen molar-refractivity contribution in [2.24, 2.45) is 0 Å². The van der Waals surface area contributed by atoms with E-state index in [0.717, 1.165) is 11.4 Å². The van der Waals surface area contributed by atoms with Gasteiger partial charge in [-0.1, -0.05) is 6.07 Å². The zero-order valence-corrected chi connectivity index (χ0v) is 10.5. The SMILES string of the molecule is Cc1cccc(CNCCCS(C)(=O)=O)n1. The molecule has 0 fully saturated rings. The molecule has 0 saturated heterocycles. The summed E-state index contributed by atoms with van der Waals surface area (Å²) >= 11 is 0. The van der Waals surface area contributed by atoms with Crippen LogP contribution in [0.3, 0.4) is 0 Å². The number of rotatable bonds is 6. The van der Waals surface area contributed by atoms with E-state index in [-0.39, 0.29) is 5.75 Å². The van der Waals surface area contributed by atoms with Crippen molar-refractivity contribution in [3.8, 4) is 0 Å². The minimum Gasteiger partial charge on any atom is -0.311 e. The van der Waals surface area contributed by atoms with E-state index in [2.05, 4.69) is 10.3 Å². The molecule has 0 unspecified atom stereocenters. The molecule has 4 nitrogen and oxygen atoms in total. The first-order valence-electron chi connectivity index (χ1n) is 5.28. The van der Waals surface area contributed by atoms with Crippen molar-refractivity contribution in [2.75, 3.05) is 18.6 Å². The van der Waals surface area contributed by atoms with E-state index < -0.39 is 9.84 Å². The molecule has 0 bridgehead atoms. The highest BCUT2D eigenvalue weighted by Gasteiger charge is 2.00. The van der Waals surface area contributed by atoms with Gasteiger partial charge < -0.3 is 5.32 Å². The van der Waals surface area contributed by atoms with Crippen LogP contribution in [0.4, 0.5) is 0 Å². The van der Waals surface area contributed by atoms with Crippen molar-refractivity contribution in [2.45, 2.75) is 19.9 Å². The fraction of sp³-hybridized carbons (Fsp3) is 0.545. The Kier molecular flexibility index (Phi) is 4.89. The lowest BCUT2D eigenvalue weighted by Gasteiger charge is -2.04. The van der Waals surface area contributed by atoms with Gasteiger partial charge in [-0.3, -0.25) is 4.98 Å². The predicted octanol–water partition coefficient (Wildman–Crippen LogP) is 0.914. The van der Waals surface area contributed by atoms with Crippen LogP contribution in [0.2, 0.25) is 0 Å². The summed E-state index contributed by atoms with van der Waals surface area (Å²) in [5, 5.41) is 3.17. The highest BCUT2D eigenvalue weighted by atomic mass is 32.2. The van der Waals surface area contributed by atoms with Gasteiger partial charge in [-0.15, -0.1) is 0 Å². The zero-order valence-electron chi connectivity index (χ0n) is 9.73. The lowest BCUT2D eigenvalue weighted by Crippen LogP contribution is -2.18. The Bertz CT molecular complexity index is 429. The van der Waals surface area contributed by atoms with Crippen LogP contribution in [0.5, 0.6) is 0 Å². The third kappa shape index (κ3) is 5.82. The van der Waals surface area contributed by atoms with Gasteiger partial charge in [-0.25, -0.2) is 8.42 Å². The van der Waals surface area contributed by atoms with Gasteiger partial charge in [-0.2, -0.15) is 0 Å². The average molecular weight is 242 g/mol. The van der Waals surface area contributed by atoms with Crippen LogP contribution < -0.4 is 5.32 Å². The molecule has 0 spiro atoms. The molecule has 90 valence electrons. The molecule has 0 saturated carbocycles. The number of sulfone groups is 1. The number of pyridine rings is 1. The van der Waals surface area contributed by atoms with Crippen LogP contribution in [0, 0.1) is 6.92 Å². The summed E-state index contributed by atoms with van der Waals surface area (Å²) in [5.41, 5.74) is 1.98. The highest BCUT2D eigenvalue weighted by Crippen LogP contribution is 1.97. The van der Waals surface area contributed by atoms with E-state index in [1.807, 2.05) is 25.1 Å². The quantitative estimate of drug-likeness (QED) is 0.753. The molecule has 1 aromatic rings. The Balaban J connectivity index is 2.21. The first kappa shape index (κ1) is 13.1. The smallest absolute Gasteiger partial charge is 0.147 e. The summed E-state index contributed by atoms with van der Waals surface area (Å²) in [7, 11) is -2.83. The van der Waals surface area contributed by atoms with Gasteiger partial charge in [0.2, 0.25) is 0 Å². The molecule has 16 heavy (non-hydrogen) atoms. The second-order valence-electron chi connectivity index (χ2n) is 3.93. The predicted molar refractivity (Wildman–Crippen MR) is 65.0 cm³/mol. The Morgan fingerprint density at radius 1 is 1.38 bits per heavy atom. The monoisotopic (exact) mass is 242 g/mol. The molecule has 5 heteroatoms. The molecule has 0 amide bonds. The molecule has 1 N–H and O–H groups in total. The van der Waals surface area contributed by atoms with Crippen LogP contribution >= 0.6 is 0 Å². The maximum atomic E-state index is 10.9. The Hall–Kier alpha value is -0.940. The molecule has 1 rings (SSSR count). The van der Waals surface area contributed by atoms with Crippen LogP contribution in [-0.2, 0) is 16.4 Å². The van der Waals surface area contributed by atoms with E-state index in [4.69, 9.17) is 0 Å². The summed E-state index contributed by atoms with van der Waals surface area (Å²) in [5.74, 6) is 0.237. The third-order valence-electron chi connectivity index (χ3n) is 2.12. The van der Waals surface area contributed by atoms with Crippen LogP contribution in [0.15, 0.2) is 18.2 Å². The average Bonchev–Trinajstić information content (AvgIpc) is 2.15. The van der Waals surface area contributed by atoms with Gasteiger partial charge in [0.05, 0.1) is 11.4 Å².